The first-order valence-electron chi connectivity index (χ1n) is 25.0. The van der Waals surface area contributed by atoms with Gasteiger partial charge >= 0.3 is 5.97 Å². The van der Waals surface area contributed by atoms with Gasteiger partial charge in [0.1, 0.15) is 11.5 Å². The van der Waals surface area contributed by atoms with Gasteiger partial charge in [0.25, 0.3) is 0 Å². The maximum Gasteiger partial charge on any atom is 0.311 e. The maximum atomic E-state index is 14.0. The lowest BCUT2D eigenvalue weighted by atomic mass is 10.0. The normalized spacial score (nSPS) is 11.7. The van der Waals surface area contributed by atoms with Crippen molar-refractivity contribution in [1.29, 1.82) is 0 Å². The van der Waals surface area contributed by atoms with Crippen LogP contribution in [0.4, 0.5) is 0 Å². The Morgan fingerprint density at radius 1 is 0.446 bits per heavy atom. The van der Waals surface area contributed by atoms with E-state index in [1.54, 1.807) is 6.07 Å². The highest BCUT2D eigenvalue weighted by Crippen LogP contribution is 2.40. The monoisotopic (exact) mass is 972 g/mol. The average Bonchev–Trinajstić information content (AvgIpc) is 3.38. The Morgan fingerprint density at radius 2 is 0.811 bits per heavy atom. The molecule has 10 aromatic rings. The molecule has 366 valence electrons. The van der Waals surface area contributed by atoms with Crippen LogP contribution in [0, 0.1) is 55.4 Å². The second-order valence-corrected chi connectivity index (χ2v) is 19.4. The summed E-state index contributed by atoms with van der Waals surface area (Å²) in [5.41, 5.74) is 13.4. The standard InChI is InChI=1S/C64H56N6O4/c1-37-20-26-48(41(5)32-37)59-65-60(49-27-21-38(2)33-42(49)6)68-63(67-59)57-52-17-11-9-14-45(52)24-30-54(57)73-47(36-71)16-13-19-56(72)74-55-31-25-46-15-10-12-18-53(46)58(55)64-69-61(50-28-22-39(3)34-43(50)7)66-62(70-64)51-29-23-40(4)35-44(51)8/h9-12,14-15,17-18,20-36,47H,13,16,19H2,1-8H3. The highest BCUT2D eigenvalue weighted by atomic mass is 16.5. The Balaban J connectivity index is 0.959. The molecular weight excluding hydrogens is 917 g/mol. The minimum absolute atomic E-state index is 0.00928. The minimum Gasteiger partial charge on any atom is -0.482 e. The van der Waals surface area contributed by atoms with Gasteiger partial charge in [-0.05, 0) is 124 Å². The molecule has 0 saturated heterocycles. The predicted octanol–water partition coefficient (Wildman–Crippen LogP) is 14.6. The van der Waals surface area contributed by atoms with Crippen molar-refractivity contribution in [3.8, 4) is 79.8 Å². The first-order valence-corrected chi connectivity index (χ1v) is 25.0. The number of hydrogen-bond acceptors (Lipinski definition) is 10. The van der Waals surface area contributed by atoms with Crippen LogP contribution in [0.1, 0.15) is 63.8 Å². The number of nitrogens with zero attached hydrogens (tertiary/aromatic N) is 6. The topological polar surface area (TPSA) is 130 Å². The van der Waals surface area contributed by atoms with Gasteiger partial charge in [-0.25, -0.2) is 29.9 Å². The molecule has 0 fully saturated rings. The zero-order valence-electron chi connectivity index (χ0n) is 42.9. The number of carbonyl (C=O) groups is 2. The van der Waals surface area contributed by atoms with Crippen molar-refractivity contribution < 1.29 is 19.1 Å². The van der Waals surface area contributed by atoms with Gasteiger partial charge in [-0.1, -0.05) is 156 Å². The van der Waals surface area contributed by atoms with Crippen LogP contribution < -0.4 is 9.47 Å². The molecule has 1 atom stereocenters. The highest BCUT2D eigenvalue weighted by Gasteiger charge is 2.24. The van der Waals surface area contributed by atoms with Crippen molar-refractivity contribution in [2.45, 2.75) is 80.8 Å². The van der Waals surface area contributed by atoms with Crippen molar-refractivity contribution in [3.63, 3.8) is 0 Å². The Kier molecular flexibility index (Phi) is 13.7. The number of aldehydes is 1. The zero-order valence-corrected chi connectivity index (χ0v) is 42.9. The third-order valence-corrected chi connectivity index (χ3v) is 13.5. The van der Waals surface area contributed by atoms with Gasteiger partial charge in [-0.2, -0.15) is 0 Å². The number of hydrogen-bond donors (Lipinski definition) is 0. The third-order valence-electron chi connectivity index (χ3n) is 13.5. The summed E-state index contributed by atoms with van der Waals surface area (Å²) in [6.07, 6.45) is 0.418. The summed E-state index contributed by atoms with van der Waals surface area (Å²) >= 11 is 0. The molecule has 0 N–H and O–H groups in total. The molecule has 0 aliphatic rings. The lowest BCUT2D eigenvalue weighted by molar-refractivity contribution is -0.134. The van der Waals surface area contributed by atoms with Crippen molar-refractivity contribution in [2.75, 3.05) is 0 Å². The Labute approximate surface area is 431 Å². The Hall–Kier alpha value is -8.76. The first kappa shape index (κ1) is 48.8. The quantitative estimate of drug-likeness (QED) is 0.0590. The molecule has 0 amide bonds. The van der Waals surface area contributed by atoms with Gasteiger partial charge in [0.2, 0.25) is 0 Å². The molecule has 0 aliphatic carbocycles. The van der Waals surface area contributed by atoms with E-state index < -0.39 is 12.1 Å². The summed E-state index contributed by atoms with van der Waals surface area (Å²) in [5, 5.41) is 3.57. The second kappa shape index (κ2) is 20.8. The van der Waals surface area contributed by atoms with E-state index in [-0.39, 0.29) is 12.8 Å². The summed E-state index contributed by atoms with van der Waals surface area (Å²) < 4.78 is 12.9. The van der Waals surface area contributed by atoms with Crippen molar-refractivity contribution in [2.24, 2.45) is 0 Å². The number of benzene rings is 8. The molecule has 8 aromatic carbocycles. The van der Waals surface area contributed by atoms with Gasteiger partial charge in [-0.3, -0.25) is 9.59 Å². The van der Waals surface area contributed by atoms with Gasteiger partial charge in [0, 0.05) is 28.7 Å². The molecule has 0 radical (unpaired) electrons. The van der Waals surface area contributed by atoms with Crippen LogP contribution in [0.3, 0.4) is 0 Å². The molecule has 10 heteroatoms. The highest BCUT2D eigenvalue weighted by molar-refractivity contribution is 6.00. The number of esters is 1. The lowest BCUT2D eigenvalue weighted by Crippen LogP contribution is -2.20. The molecule has 0 aliphatic heterocycles. The predicted molar refractivity (Wildman–Crippen MR) is 295 cm³/mol. The fourth-order valence-corrected chi connectivity index (χ4v) is 9.80. The van der Waals surface area contributed by atoms with Crippen molar-refractivity contribution in [3.05, 3.63) is 190 Å². The molecule has 10 rings (SSSR count). The van der Waals surface area contributed by atoms with E-state index in [2.05, 4.69) is 104 Å². The zero-order chi connectivity index (χ0) is 51.6. The molecule has 74 heavy (non-hydrogen) atoms. The van der Waals surface area contributed by atoms with Gasteiger partial charge in [0.05, 0.1) is 11.1 Å². The molecular formula is C64H56N6O4. The molecule has 2 aromatic heterocycles. The molecule has 0 spiro atoms. The minimum atomic E-state index is -0.907. The summed E-state index contributed by atoms with van der Waals surface area (Å²) in [4.78, 5) is 57.6. The van der Waals surface area contributed by atoms with Crippen LogP contribution in [-0.4, -0.2) is 48.3 Å². The van der Waals surface area contributed by atoms with Crippen molar-refractivity contribution >= 4 is 33.8 Å². The fourth-order valence-electron chi connectivity index (χ4n) is 9.80. The lowest BCUT2D eigenvalue weighted by Gasteiger charge is -2.19. The van der Waals surface area contributed by atoms with E-state index in [9.17, 15) is 9.59 Å². The van der Waals surface area contributed by atoms with E-state index in [0.29, 0.717) is 64.0 Å². The molecule has 2 heterocycles. The van der Waals surface area contributed by atoms with E-state index in [1.165, 1.54) is 0 Å². The average molecular weight is 973 g/mol. The van der Waals surface area contributed by atoms with Crippen LogP contribution >= 0.6 is 0 Å². The number of rotatable bonds is 14. The van der Waals surface area contributed by atoms with Crippen LogP contribution in [0.5, 0.6) is 11.5 Å². The van der Waals surface area contributed by atoms with E-state index in [4.69, 9.17) is 39.4 Å². The number of aromatic nitrogens is 6. The van der Waals surface area contributed by atoms with Crippen LogP contribution in [0.25, 0.3) is 89.9 Å². The van der Waals surface area contributed by atoms with Gasteiger partial charge in [-0.15, -0.1) is 0 Å². The maximum absolute atomic E-state index is 14.0. The van der Waals surface area contributed by atoms with Crippen molar-refractivity contribution in [1.82, 2.24) is 29.9 Å². The summed E-state index contributed by atoms with van der Waals surface area (Å²) in [6, 6.07) is 48.3. The van der Waals surface area contributed by atoms with E-state index in [0.717, 1.165) is 94.6 Å². The SMILES string of the molecule is Cc1ccc(-c2nc(-c3ccc(C)cc3C)nc(-c3c(OC(=O)CCCC(C=O)Oc4ccc5ccccc5c4-c4nc(-c5ccc(C)cc5C)nc(-c5ccc(C)cc5C)n4)ccc4ccccc34)n2)c(C)c1. The van der Waals surface area contributed by atoms with Gasteiger partial charge < -0.3 is 9.47 Å². The molecule has 0 bridgehead atoms. The van der Waals surface area contributed by atoms with Crippen LogP contribution in [0.2, 0.25) is 0 Å². The number of fused-ring (bicyclic) bond motifs is 2. The molecule has 1 unspecified atom stereocenters. The van der Waals surface area contributed by atoms with E-state index in [1.807, 2.05) is 91.0 Å². The summed E-state index contributed by atoms with van der Waals surface area (Å²) in [6.45, 7) is 16.5. The smallest absolute Gasteiger partial charge is 0.311 e. The van der Waals surface area contributed by atoms with Gasteiger partial charge in [0.15, 0.2) is 47.3 Å². The van der Waals surface area contributed by atoms with Crippen LogP contribution in [-0.2, 0) is 9.59 Å². The first-order chi connectivity index (χ1) is 35.8. The fraction of sp³-hybridized carbons (Fsp3) is 0.188. The third kappa shape index (κ3) is 10.2. The van der Waals surface area contributed by atoms with Crippen LogP contribution in [0.15, 0.2) is 146 Å². The summed E-state index contributed by atoms with van der Waals surface area (Å²) in [5.74, 6) is 3.16. The number of ether oxygens (including phenoxy) is 2. The Bertz CT molecular complexity index is 3690. The number of carbonyl (C=O) groups excluding carboxylic acids is 2. The molecule has 10 nitrogen and oxygen atoms in total. The van der Waals surface area contributed by atoms with E-state index >= 15 is 0 Å². The molecule has 0 saturated carbocycles. The second-order valence-electron chi connectivity index (χ2n) is 19.4. The summed E-state index contributed by atoms with van der Waals surface area (Å²) in [7, 11) is 0. The Morgan fingerprint density at radius 3 is 1.20 bits per heavy atom. The largest absolute Gasteiger partial charge is 0.482 e. The number of aryl methyl sites for hydroxylation is 8.